The standard InChI is InChI=1S/C21H32N4O.HI/c1-4-22-21(25(3)18-20-12-8-15-24(20)2)23-14-9-16-26-17-13-19-10-6-5-7-11-19;/h5-8,10-12,15H,4,9,13-14,16-18H2,1-3H3,(H,22,23);1H. The highest BCUT2D eigenvalue weighted by atomic mass is 127. The first-order valence-electron chi connectivity index (χ1n) is 9.42. The highest BCUT2D eigenvalue weighted by molar-refractivity contribution is 14.0. The Kier molecular flexibility index (Phi) is 11.8. The molecule has 1 heterocycles. The molecule has 1 aromatic carbocycles. The van der Waals surface area contributed by atoms with E-state index in [1.807, 2.05) is 6.07 Å². The molecule has 0 aliphatic carbocycles. The van der Waals surface area contributed by atoms with Crippen molar-refractivity contribution in [2.45, 2.75) is 26.3 Å². The molecule has 150 valence electrons. The maximum Gasteiger partial charge on any atom is 0.194 e. The zero-order chi connectivity index (χ0) is 18.6. The first-order valence-corrected chi connectivity index (χ1v) is 9.42. The monoisotopic (exact) mass is 484 g/mol. The molecule has 0 amide bonds. The first kappa shape index (κ1) is 23.5. The molecule has 0 saturated heterocycles. The molecule has 0 fully saturated rings. The van der Waals surface area contributed by atoms with Crippen molar-refractivity contribution in [3.8, 4) is 0 Å². The number of halogens is 1. The summed E-state index contributed by atoms with van der Waals surface area (Å²) in [6, 6.07) is 14.7. The lowest BCUT2D eigenvalue weighted by atomic mass is 10.2. The van der Waals surface area contributed by atoms with Gasteiger partial charge in [0.05, 0.1) is 13.2 Å². The fourth-order valence-corrected chi connectivity index (χ4v) is 2.74. The van der Waals surface area contributed by atoms with Crippen LogP contribution in [0.1, 0.15) is 24.6 Å². The second kappa shape index (κ2) is 13.6. The topological polar surface area (TPSA) is 41.8 Å². The zero-order valence-electron chi connectivity index (χ0n) is 16.7. The molecule has 1 N–H and O–H groups in total. The van der Waals surface area contributed by atoms with Gasteiger partial charge in [-0.25, -0.2) is 0 Å². The van der Waals surface area contributed by atoms with E-state index in [9.17, 15) is 0 Å². The van der Waals surface area contributed by atoms with Gasteiger partial charge in [-0.3, -0.25) is 4.99 Å². The molecule has 0 aliphatic rings. The fourth-order valence-electron chi connectivity index (χ4n) is 2.74. The van der Waals surface area contributed by atoms with Crippen molar-refractivity contribution in [3.05, 3.63) is 59.9 Å². The van der Waals surface area contributed by atoms with E-state index in [1.165, 1.54) is 11.3 Å². The molecule has 0 saturated carbocycles. The summed E-state index contributed by atoms with van der Waals surface area (Å²) in [6.45, 7) is 6.08. The van der Waals surface area contributed by atoms with Crippen molar-refractivity contribution in [3.63, 3.8) is 0 Å². The number of hydrogen-bond donors (Lipinski definition) is 1. The first-order chi connectivity index (χ1) is 12.7. The van der Waals surface area contributed by atoms with E-state index in [2.05, 4.69) is 78.4 Å². The Labute approximate surface area is 180 Å². The summed E-state index contributed by atoms with van der Waals surface area (Å²) in [7, 11) is 4.14. The number of aryl methyl sites for hydroxylation is 1. The second-order valence-corrected chi connectivity index (χ2v) is 6.40. The number of aliphatic imine (C=N–C) groups is 1. The Hall–Kier alpha value is -1.54. The van der Waals surface area contributed by atoms with Crippen molar-refractivity contribution in [2.75, 3.05) is 33.4 Å². The van der Waals surface area contributed by atoms with Crippen LogP contribution >= 0.6 is 24.0 Å². The molecule has 0 radical (unpaired) electrons. The Bertz CT molecular complexity index is 657. The number of aromatic nitrogens is 1. The van der Waals surface area contributed by atoms with Gasteiger partial charge in [-0.1, -0.05) is 30.3 Å². The van der Waals surface area contributed by atoms with E-state index in [0.29, 0.717) is 0 Å². The van der Waals surface area contributed by atoms with Gasteiger partial charge < -0.3 is 19.5 Å². The number of guanidine groups is 1. The Balaban J connectivity index is 0.00000364. The lowest BCUT2D eigenvalue weighted by molar-refractivity contribution is 0.136. The van der Waals surface area contributed by atoms with Crippen LogP contribution in [0.25, 0.3) is 0 Å². The third-order valence-electron chi connectivity index (χ3n) is 4.23. The molecule has 27 heavy (non-hydrogen) atoms. The van der Waals surface area contributed by atoms with Crippen LogP contribution < -0.4 is 5.32 Å². The summed E-state index contributed by atoms with van der Waals surface area (Å²) >= 11 is 0. The number of rotatable bonds is 10. The van der Waals surface area contributed by atoms with Gasteiger partial charge in [0.25, 0.3) is 0 Å². The van der Waals surface area contributed by atoms with Crippen molar-refractivity contribution in [1.29, 1.82) is 0 Å². The minimum absolute atomic E-state index is 0. The SMILES string of the molecule is CCNC(=NCCCOCCc1ccccc1)N(C)Cc1cccn1C.I. The van der Waals surface area contributed by atoms with Crippen LogP contribution in [0.4, 0.5) is 0 Å². The van der Waals surface area contributed by atoms with E-state index in [-0.39, 0.29) is 24.0 Å². The predicted octanol–water partition coefficient (Wildman–Crippen LogP) is 3.69. The summed E-state index contributed by atoms with van der Waals surface area (Å²) in [6.07, 6.45) is 3.97. The van der Waals surface area contributed by atoms with Gasteiger partial charge in [-0.15, -0.1) is 24.0 Å². The molecule has 0 spiro atoms. The third-order valence-corrected chi connectivity index (χ3v) is 4.23. The Morgan fingerprint density at radius 2 is 1.93 bits per heavy atom. The van der Waals surface area contributed by atoms with Gasteiger partial charge in [0.1, 0.15) is 0 Å². The van der Waals surface area contributed by atoms with E-state index in [4.69, 9.17) is 9.73 Å². The van der Waals surface area contributed by atoms with Crippen LogP contribution in [-0.2, 0) is 24.8 Å². The van der Waals surface area contributed by atoms with Crippen molar-refractivity contribution < 1.29 is 4.74 Å². The predicted molar refractivity (Wildman–Crippen MR) is 124 cm³/mol. The number of benzene rings is 1. The second-order valence-electron chi connectivity index (χ2n) is 6.40. The lowest BCUT2D eigenvalue weighted by Gasteiger charge is -2.22. The van der Waals surface area contributed by atoms with Gasteiger partial charge >= 0.3 is 0 Å². The van der Waals surface area contributed by atoms with Crippen LogP contribution in [0.2, 0.25) is 0 Å². The van der Waals surface area contributed by atoms with Crippen LogP contribution in [0.15, 0.2) is 53.7 Å². The smallest absolute Gasteiger partial charge is 0.194 e. The zero-order valence-corrected chi connectivity index (χ0v) is 19.1. The number of ether oxygens (including phenoxy) is 1. The lowest BCUT2D eigenvalue weighted by Crippen LogP contribution is -2.39. The van der Waals surface area contributed by atoms with Crippen molar-refractivity contribution in [1.82, 2.24) is 14.8 Å². The normalized spacial score (nSPS) is 11.1. The highest BCUT2D eigenvalue weighted by Gasteiger charge is 2.07. The summed E-state index contributed by atoms with van der Waals surface area (Å²) in [5, 5.41) is 3.36. The van der Waals surface area contributed by atoms with Crippen LogP contribution in [-0.4, -0.2) is 48.8 Å². The van der Waals surface area contributed by atoms with Gasteiger partial charge in [0.15, 0.2) is 5.96 Å². The number of nitrogens with zero attached hydrogens (tertiary/aromatic N) is 3. The molecule has 2 aromatic rings. The van der Waals surface area contributed by atoms with Crippen molar-refractivity contribution >= 4 is 29.9 Å². The molecule has 6 heteroatoms. The maximum absolute atomic E-state index is 5.73. The van der Waals surface area contributed by atoms with Gasteiger partial charge in [0, 0.05) is 45.7 Å². The summed E-state index contributed by atoms with van der Waals surface area (Å²) in [5.41, 5.74) is 2.59. The van der Waals surface area contributed by atoms with Crippen LogP contribution in [0.3, 0.4) is 0 Å². The van der Waals surface area contributed by atoms with E-state index >= 15 is 0 Å². The molecule has 5 nitrogen and oxygen atoms in total. The van der Waals surface area contributed by atoms with Gasteiger partial charge in [-0.05, 0) is 37.5 Å². The quantitative estimate of drug-likeness (QED) is 0.242. The third kappa shape index (κ3) is 8.79. The number of nitrogens with one attached hydrogen (secondary N) is 1. The van der Waals surface area contributed by atoms with Gasteiger partial charge in [-0.2, -0.15) is 0 Å². The molecule has 2 rings (SSSR count). The molecular weight excluding hydrogens is 451 g/mol. The minimum atomic E-state index is 0. The molecule has 0 aliphatic heterocycles. The summed E-state index contributed by atoms with van der Waals surface area (Å²) < 4.78 is 7.87. The largest absolute Gasteiger partial charge is 0.381 e. The van der Waals surface area contributed by atoms with Crippen molar-refractivity contribution in [2.24, 2.45) is 12.0 Å². The van der Waals surface area contributed by atoms with Crippen LogP contribution in [0, 0.1) is 0 Å². The molecular formula is C21H33IN4O. The van der Waals surface area contributed by atoms with E-state index in [0.717, 1.165) is 51.6 Å². The maximum atomic E-state index is 5.73. The number of hydrogen-bond acceptors (Lipinski definition) is 2. The fraction of sp³-hybridized carbons (Fsp3) is 0.476. The molecule has 1 aromatic heterocycles. The molecule has 0 unspecified atom stereocenters. The average Bonchev–Trinajstić information content (AvgIpc) is 3.05. The van der Waals surface area contributed by atoms with Gasteiger partial charge in [0.2, 0.25) is 0 Å². The summed E-state index contributed by atoms with van der Waals surface area (Å²) in [5.74, 6) is 0.943. The molecule has 0 atom stereocenters. The van der Waals surface area contributed by atoms with E-state index < -0.39 is 0 Å². The minimum Gasteiger partial charge on any atom is -0.381 e. The highest BCUT2D eigenvalue weighted by Crippen LogP contribution is 2.04. The van der Waals surface area contributed by atoms with Crippen LogP contribution in [0.5, 0.6) is 0 Å². The molecule has 0 bridgehead atoms. The Morgan fingerprint density at radius 3 is 2.59 bits per heavy atom. The average molecular weight is 484 g/mol. The Morgan fingerprint density at radius 1 is 1.15 bits per heavy atom. The summed E-state index contributed by atoms with van der Waals surface area (Å²) in [4.78, 5) is 6.88. The van der Waals surface area contributed by atoms with E-state index in [1.54, 1.807) is 0 Å².